The predicted molar refractivity (Wildman–Crippen MR) is 101 cm³/mol. The van der Waals surface area contributed by atoms with Crippen molar-refractivity contribution < 1.29 is 14.3 Å². The fourth-order valence-electron chi connectivity index (χ4n) is 3.27. The van der Waals surface area contributed by atoms with E-state index in [2.05, 4.69) is 22.2 Å². The minimum atomic E-state index is -0.400. The highest BCUT2D eigenvalue weighted by Gasteiger charge is 2.29. The molecule has 0 spiro atoms. The monoisotopic (exact) mass is 376 g/mol. The molecule has 140 valence electrons. The average Bonchev–Trinajstić information content (AvgIpc) is 3.19. The van der Waals surface area contributed by atoms with Crippen molar-refractivity contribution in [3.05, 3.63) is 33.5 Å². The molecule has 0 bridgehead atoms. The Morgan fingerprint density at radius 1 is 1.35 bits per heavy atom. The van der Waals surface area contributed by atoms with E-state index >= 15 is 0 Å². The number of esters is 1. The minimum Gasteiger partial charge on any atom is -0.465 e. The van der Waals surface area contributed by atoms with Gasteiger partial charge in [-0.1, -0.05) is 6.92 Å². The minimum absolute atomic E-state index is 0.261. The number of hydrogen-bond donors (Lipinski definition) is 1. The first kappa shape index (κ1) is 18.6. The van der Waals surface area contributed by atoms with Crippen LogP contribution in [-0.4, -0.2) is 46.8 Å². The number of aromatic nitrogens is 2. The number of nitrogens with zero attached hydrogens (tertiary/aromatic N) is 3. The zero-order chi connectivity index (χ0) is 18.8. The van der Waals surface area contributed by atoms with E-state index in [0.29, 0.717) is 22.8 Å². The Morgan fingerprint density at radius 2 is 2.12 bits per heavy atom. The second-order valence-electron chi connectivity index (χ2n) is 6.26. The van der Waals surface area contributed by atoms with E-state index in [0.717, 1.165) is 42.2 Å². The fraction of sp³-hybridized carbons (Fsp3) is 0.500. The molecule has 1 aliphatic rings. The topological polar surface area (TPSA) is 76.5 Å². The van der Waals surface area contributed by atoms with Crippen molar-refractivity contribution in [1.29, 1.82) is 0 Å². The Morgan fingerprint density at radius 3 is 2.77 bits per heavy atom. The van der Waals surface area contributed by atoms with Crippen LogP contribution in [-0.2, 0) is 24.2 Å². The van der Waals surface area contributed by atoms with Crippen LogP contribution in [0.2, 0.25) is 0 Å². The maximum Gasteiger partial charge on any atom is 0.341 e. The smallest absolute Gasteiger partial charge is 0.341 e. The van der Waals surface area contributed by atoms with E-state index in [1.165, 1.54) is 18.4 Å². The molecule has 0 aliphatic carbocycles. The lowest BCUT2D eigenvalue weighted by Gasteiger charge is -2.25. The first-order chi connectivity index (χ1) is 12.5. The third kappa shape index (κ3) is 3.39. The van der Waals surface area contributed by atoms with E-state index in [-0.39, 0.29) is 5.91 Å². The molecule has 2 aromatic heterocycles. The SMILES string of the molecule is CCN1CCc2c(sc(NC(=O)c3cc(C)nn3CC)c2C(=O)OC)C1. The van der Waals surface area contributed by atoms with Crippen LogP contribution >= 0.6 is 11.3 Å². The van der Waals surface area contributed by atoms with Gasteiger partial charge < -0.3 is 10.1 Å². The highest BCUT2D eigenvalue weighted by molar-refractivity contribution is 7.17. The first-order valence-corrected chi connectivity index (χ1v) is 9.61. The summed E-state index contributed by atoms with van der Waals surface area (Å²) in [5.74, 6) is -0.661. The molecular formula is C18H24N4O3S. The van der Waals surface area contributed by atoms with E-state index in [1.807, 2.05) is 13.8 Å². The van der Waals surface area contributed by atoms with Gasteiger partial charge in [0.2, 0.25) is 0 Å². The summed E-state index contributed by atoms with van der Waals surface area (Å²) in [7, 11) is 1.37. The molecule has 0 saturated heterocycles. The number of thiophene rings is 1. The Labute approximate surface area is 156 Å². The van der Waals surface area contributed by atoms with E-state index in [9.17, 15) is 9.59 Å². The fourth-order valence-corrected chi connectivity index (χ4v) is 4.54. The summed E-state index contributed by atoms with van der Waals surface area (Å²) in [6, 6.07) is 1.75. The molecule has 1 aliphatic heterocycles. The molecule has 0 aromatic carbocycles. The van der Waals surface area contributed by atoms with Gasteiger partial charge in [-0.3, -0.25) is 14.4 Å². The normalized spacial score (nSPS) is 14.2. The summed E-state index contributed by atoms with van der Waals surface area (Å²) in [4.78, 5) is 28.6. The number of likely N-dealkylation sites (N-methyl/N-ethyl adjacent to an activating group) is 1. The van der Waals surface area contributed by atoms with Gasteiger partial charge in [0, 0.05) is 24.5 Å². The molecule has 1 amide bonds. The lowest BCUT2D eigenvalue weighted by atomic mass is 10.0. The van der Waals surface area contributed by atoms with Gasteiger partial charge in [0.05, 0.1) is 18.4 Å². The summed E-state index contributed by atoms with van der Waals surface area (Å²) in [5, 5.41) is 7.79. The Balaban J connectivity index is 1.95. The quantitative estimate of drug-likeness (QED) is 0.812. The van der Waals surface area contributed by atoms with Crippen LogP contribution in [0.4, 0.5) is 5.00 Å². The second-order valence-corrected chi connectivity index (χ2v) is 7.36. The van der Waals surface area contributed by atoms with Crippen LogP contribution in [0, 0.1) is 6.92 Å². The van der Waals surface area contributed by atoms with Gasteiger partial charge in [-0.2, -0.15) is 5.10 Å². The summed E-state index contributed by atoms with van der Waals surface area (Å²) >= 11 is 1.46. The number of carbonyl (C=O) groups is 2. The van der Waals surface area contributed by atoms with E-state index in [4.69, 9.17) is 4.74 Å². The van der Waals surface area contributed by atoms with Gasteiger partial charge in [-0.15, -0.1) is 11.3 Å². The van der Waals surface area contributed by atoms with Crippen LogP contribution in [0.5, 0.6) is 0 Å². The molecule has 0 saturated carbocycles. The van der Waals surface area contributed by atoms with Gasteiger partial charge in [0.1, 0.15) is 10.7 Å². The molecule has 26 heavy (non-hydrogen) atoms. The molecule has 0 fully saturated rings. The summed E-state index contributed by atoms with van der Waals surface area (Å²) in [6.07, 6.45) is 0.784. The van der Waals surface area contributed by atoms with Crippen LogP contribution in [0.3, 0.4) is 0 Å². The van der Waals surface area contributed by atoms with Crippen LogP contribution in [0.25, 0.3) is 0 Å². The lowest BCUT2D eigenvalue weighted by molar-refractivity contribution is 0.0600. The highest BCUT2D eigenvalue weighted by Crippen LogP contribution is 2.37. The van der Waals surface area contributed by atoms with E-state index < -0.39 is 5.97 Å². The maximum absolute atomic E-state index is 12.8. The zero-order valence-corrected chi connectivity index (χ0v) is 16.4. The number of methoxy groups -OCH3 is 1. The molecule has 1 N–H and O–H groups in total. The predicted octanol–water partition coefficient (Wildman–Crippen LogP) is 2.69. The first-order valence-electron chi connectivity index (χ1n) is 8.79. The molecule has 3 heterocycles. The van der Waals surface area contributed by atoms with Crippen molar-refractivity contribution in [3.8, 4) is 0 Å². The number of fused-ring (bicyclic) bond motifs is 1. The number of aryl methyl sites for hydroxylation is 2. The Bertz CT molecular complexity index is 840. The molecule has 2 aromatic rings. The number of carbonyl (C=O) groups excluding carboxylic acids is 2. The number of ether oxygens (including phenoxy) is 1. The number of hydrogen-bond acceptors (Lipinski definition) is 6. The van der Waals surface area contributed by atoms with Gasteiger partial charge in [-0.25, -0.2) is 4.79 Å². The average molecular weight is 376 g/mol. The molecular weight excluding hydrogens is 352 g/mol. The standard InChI is InChI=1S/C18H24N4O3S/c1-5-21-8-7-12-14(10-21)26-17(15(12)18(24)25-4)19-16(23)13-9-11(3)20-22(13)6-2/h9H,5-8,10H2,1-4H3,(H,19,23). The van der Waals surface area contributed by atoms with Crippen molar-refractivity contribution in [3.63, 3.8) is 0 Å². The van der Waals surface area contributed by atoms with Crippen LogP contribution in [0.1, 0.15) is 50.8 Å². The molecule has 7 nitrogen and oxygen atoms in total. The van der Waals surface area contributed by atoms with Gasteiger partial charge in [0.25, 0.3) is 5.91 Å². The molecule has 0 radical (unpaired) electrons. The number of nitrogens with one attached hydrogen (secondary N) is 1. The highest BCUT2D eigenvalue weighted by atomic mass is 32.1. The molecule has 8 heteroatoms. The van der Waals surface area contributed by atoms with Crippen molar-refractivity contribution >= 4 is 28.2 Å². The third-order valence-electron chi connectivity index (χ3n) is 4.63. The van der Waals surface area contributed by atoms with Crippen molar-refractivity contribution in [2.24, 2.45) is 0 Å². The molecule has 3 rings (SSSR count). The Hall–Kier alpha value is -2.19. The van der Waals surface area contributed by atoms with Gasteiger partial charge in [0.15, 0.2) is 0 Å². The third-order valence-corrected chi connectivity index (χ3v) is 5.77. The summed E-state index contributed by atoms with van der Waals surface area (Å²) in [6.45, 7) is 9.17. The second kappa shape index (κ2) is 7.59. The van der Waals surface area contributed by atoms with Gasteiger partial charge in [-0.05, 0) is 38.4 Å². The molecule has 0 atom stereocenters. The largest absolute Gasteiger partial charge is 0.465 e. The Kier molecular flexibility index (Phi) is 5.43. The van der Waals surface area contributed by atoms with Crippen molar-refractivity contribution in [2.75, 3.05) is 25.5 Å². The zero-order valence-electron chi connectivity index (χ0n) is 15.6. The number of amides is 1. The van der Waals surface area contributed by atoms with Crippen molar-refractivity contribution in [1.82, 2.24) is 14.7 Å². The number of anilines is 1. The maximum atomic E-state index is 12.8. The van der Waals surface area contributed by atoms with E-state index in [1.54, 1.807) is 10.7 Å². The molecule has 0 unspecified atom stereocenters. The van der Waals surface area contributed by atoms with Crippen LogP contribution < -0.4 is 5.32 Å². The van der Waals surface area contributed by atoms with Gasteiger partial charge >= 0.3 is 5.97 Å². The lowest BCUT2D eigenvalue weighted by Crippen LogP contribution is -2.30. The van der Waals surface area contributed by atoms with Crippen LogP contribution in [0.15, 0.2) is 6.07 Å². The van der Waals surface area contributed by atoms with Crippen molar-refractivity contribution in [2.45, 2.75) is 40.3 Å². The number of rotatable bonds is 5. The summed E-state index contributed by atoms with van der Waals surface area (Å²) in [5.41, 5.74) is 2.77. The summed E-state index contributed by atoms with van der Waals surface area (Å²) < 4.78 is 6.64.